The first-order valence-corrected chi connectivity index (χ1v) is 3.03. The molecule has 0 aliphatic carbocycles. The zero-order valence-electron chi connectivity index (χ0n) is 6.26. The van der Waals surface area contributed by atoms with E-state index >= 15 is 0 Å². The van der Waals surface area contributed by atoms with Crippen LogP contribution >= 0.6 is 0 Å². The number of amides is 1. The lowest BCUT2D eigenvalue weighted by Gasteiger charge is -2.11. The topological polar surface area (TPSA) is 29.5 Å². The molecule has 0 rings (SSSR count). The van der Waals surface area contributed by atoms with Gasteiger partial charge in [-0.1, -0.05) is 5.92 Å². The first kappa shape index (κ1) is 8.83. The Balaban J connectivity index is 3.62. The molecular formula is C7H11NO2. The van der Waals surface area contributed by atoms with Crippen molar-refractivity contribution in [1.29, 1.82) is 0 Å². The van der Waals surface area contributed by atoms with E-state index in [1.54, 1.807) is 14.0 Å². The minimum atomic E-state index is -0.375. The molecule has 3 nitrogen and oxygen atoms in total. The van der Waals surface area contributed by atoms with E-state index in [0.29, 0.717) is 13.2 Å². The normalized spacial score (nSPS) is 8.10. The van der Waals surface area contributed by atoms with E-state index in [0.717, 1.165) is 0 Å². The molecule has 0 bridgehead atoms. The molecular weight excluding hydrogens is 130 g/mol. The molecule has 0 saturated heterocycles. The van der Waals surface area contributed by atoms with Gasteiger partial charge in [-0.25, -0.2) is 4.79 Å². The van der Waals surface area contributed by atoms with Crippen molar-refractivity contribution >= 4 is 6.09 Å². The van der Waals surface area contributed by atoms with Crippen LogP contribution in [0.15, 0.2) is 0 Å². The van der Waals surface area contributed by atoms with Gasteiger partial charge in [-0.3, -0.25) is 0 Å². The number of hydrogen-bond acceptors (Lipinski definition) is 2. The highest BCUT2D eigenvalue weighted by Crippen LogP contribution is 1.87. The van der Waals surface area contributed by atoms with Gasteiger partial charge in [0.1, 0.15) is 0 Å². The van der Waals surface area contributed by atoms with Crippen molar-refractivity contribution in [1.82, 2.24) is 4.90 Å². The smallest absolute Gasteiger partial charge is 0.410 e. The van der Waals surface area contributed by atoms with Gasteiger partial charge in [0, 0.05) is 7.05 Å². The Labute approximate surface area is 61.0 Å². The summed E-state index contributed by atoms with van der Waals surface area (Å²) in [5, 5.41) is 0. The van der Waals surface area contributed by atoms with E-state index in [1.165, 1.54) is 4.90 Å². The molecule has 0 radical (unpaired) electrons. The van der Waals surface area contributed by atoms with Crippen LogP contribution in [-0.4, -0.2) is 31.2 Å². The zero-order valence-corrected chi connectivity index (χ0v) is 6.26. The van der Waals surface area contributed by atoms with Gasteiger partial charge in [-0.15, -0.1) is 6.42 Å². The third-order valence-corrected chi connectivity index (χ3v) is 0.908. The first-order chi connectivity index (χ1) is 4.72. The molecule has 0 aromatic heterocycles. The number of carbonyl (C=O) groups excluding carboxylic acids is 1. The lowest BCUT2D eigenvalue weighted by molar-refractivity contribution is 0.120. The van der Waals surface area contributed by atoms with Crippen LogP contribution < -0.4 is 0 Å². The van der Waals surface area contributed by atoms with Gasteiger partial charge >= 0.3 is 6.09 Å². The van der Waals surface area contributed by atoms with Crippen molar-refractivity contribution in [3.05, 3.63) is 0 Å². The first-order valence-electron chi connectivity index (χ1n) is 3.03. The second kappa shape index (κ2) is 4.68. The van der Waals surface area contributed by atoms with Crippen LogP contribution in [0.4, 0.5) is 4.79 Å². The van der Waals surface area contributed by atoms with E-state index in [9.17, 15) is 4.79 Å². The fraction of sp³-hybridized carbons (Fsp3) is 0.571. The maximum absolute atomic E-state index is 10.7. The van der Waals surface area contributed by atoms with Crippen molar-refractivity contribution in [2.75, 3.05) is 20.2 Å². The van der Waals surface area contributed by atoms with Crippen LogP contribution in [0.5, 0.6) is 0 Å². The molecule has 0 atom stereocenters. The molecule has 3 heteroatoms. The fourth-order valence-corrected chi connectivity index (χ4v) is 0.435. The summed E-state index contributed by atoms with van der Waals surface area (Å²) in [6.45, 7) is 2.42. The largest absolute Gasteiger partial charge is 0.450 e. The van der Waals surface area contributed by atoms with E-state index in [4.69, 9.17) is 6.42 Å². The monoisotopic (exact) mass is 141 g/mol. The molecule has 0 heterocycles. The maximum atomic E-state index is 10.7. The van der Waals surface area contributed by atoms with E-state index in [2.05, 4.69) is 10.7 Å². The molecule has 56 valence electrons. The van der Waals surface area contributed by atoms with Crippen LogP contribution in [0.2, 0.25) is 0 Å². The predicted octanol–water partition coefficient (Wildman–Crippen LogP) is 0.708. The fourth-order valence-electron chi connectivity index (χ4n) is 0.435. The Bertz CT molecular complexity index is 148. The quantitative estimate of drug-likeness (QED) is 0.530. The van der Waals surface area contributed by atoms with Gasteiger partial charge in [-0.05, 0) is 6.92 Å². The predicted molar refractivity (Wildman–Crippen MR) is 38.5 cm³/mol. The number of hydrogen-bond donors (Lipinski definition) is 0. The van der Waals surface area contributed by atoms with Crippen molar-refractivity contribution in [2.45, 2.75) is 6.92 Å². The average molecular weight is 141 g/mol. The Morgan fingerprint density at radius 1 is 1.80 bits per heavy atom. The Hall–Kier alpha value is -1.17. The average Bonchev–Trinajstić information content (AvgIpc) is 1.89. The van der Waals surface area contributed by atoms with Crippen molar-refractivity contribution in [3.63, 3.8) is 0 Å². The number of nitrogens with zero attached hydrogens (tertiary/aromatic N) is 1. The second-order valence-electron chi connectivity index (χ2n) is 1.76. The number of terminal acetylenes is 1. The molecule has 1 amide bonds. The van der Waals surface area contributed by atoms with Crippen molar-refractivity contribution in [3.8, 4) is 12.3 Å². The van der Waals surface area contributed by atoms with Gasteiger partial charge in [-0.2, -0.15) is 0 Å². The summed E-state index contributed by atoms with van der Waals surface area (Å²) in [6, 6.07) is 0. The van der Waals surface area contributed by atoms with Crippen LogP contribution in [0.1, 0.15) is 6.92 Å². The minimum Gasteiger partial charge on any atom is -0.450 e. The maximum Gasteiger partial charge on any atom is 0.410 e. The van der Waals surface area contributed by atoms with E-state index < -0.39 is 0 Å². The third-order valence-electron chi connectivity index (χ3n) is 0.908. The molecule has 0 aromatic rings. The summed E-state index contributed by atoms with van der Waals surface area (Å²) in [4.78, 5) is 12.1. The van der Waals surface area contributed by atoms with E-state index in [-0.39, 0.29) is 6.09 Å². The van der Waals surface area contributed by atoms with Gasteiger partial charge in [0.2, 0.25) is 0 Å². The SMILES string of the molecule is C#CCN(C)C(=O)OCC. The molecule has 0 saturated carbocycles. The molecule has 0 N–H and O–H groups in total. The number of rotatable bonds is 2. The van der Waals surface area contributed by atoms with Gasteiger partial charge in [0.15, 0.2) is 0 Å². The third kappa shape index (κ3) is 2.98. The van der Waals surface area contributed by atoms with Crippen LogP contribution in [0.3, 0.4) is 0 Å². The summed E-state index contributed by atoms with van der Waals surface area (Å²) < 4.78 is 4.65. The van der Waals surface area contributed by atoms with Gasteiger partial charge in [0.25, 0.3) is 0 Å². The molecule has 0 fully saturated rings. The summed E-state index contributed by atoms with van der Waals surface area (Å²) in [7, 11) is 1.60. The summed E-state index contributed by atoms with van der Waals surface area (Å²) in [6.07, 6.45) is 4.59. The number of carbonyl (C=O) groups is 1. The minimum absolute atomic E-state index is 0.291. The van der Waals surface area contributed by atoms with Gasteiger partial charge in [0.05, 0.1) is 13.2 Å². The second-order valence-corrected chi connectivity index (χ2v) is 1.76. The highest BCUT2D eigenvalue weighted by molar-refractivity contribution is 5.67. The highest BCUT2D eigenvalue weighted by atomic mass is 16.5. The summed E-state index contributed by atoms with van der Waals surface area (Å²) in [5.74, 6) is 2.33. The van der Waals surface area contributed by atoms with Crippen LogP contribution in [0.25, 0.3) is 0 Å². The molecule has 0 aliphatic rings. The Morgan fingerprint density at radius 3 is 2.80 bits per heavy atom. The standard InChI is InChI=1S/C7H11NO2/c1-4-6-8(3)7(9)10-5-2/h1H,5-6H2,2-3H3. The molecule has 10 heavy (non-hydrogen) atoms. The van der Waals surface area contributed by atoms with Crippen molar-refractivity contribution in [2.24, 2.45) is 0 Å². The summed E-state index contributed by atoms with van der Waals surface area (Å²) in [5.41, 5.74) is 0. The Kier molecular flexibility index (Phi) is 4.14. The summed E-state index contributed by atoms with van der Waals surface area (Å²) >= 11 is 0. The lowest BCUT2D eigenvalue weighted by Crippen LogP contribution is -2.27. The zero-order chi connectivity index (χ0) is 7.98. The molecule has 0 aromatic carbocycles. The van der Waals surface area contributed by atoms with Gasteiger partial charge < -0.3 is 9.64 Å². The molecule has 0 spiro atoms. The molecule has 0 unspecified atom stereocenters. The molecule has 0 aliphatic heterocycles. The van der Waals surface area contributed by atoms with E-state index in [1.807, 2.05) is 0 Å². The van der Waals surface area contributed by atoms with Crippen LogP contribution in [0, 0.1) is 12.3 Å². The van der Waals surface area contributed by atoms with Crippen molar-refractivity contribution < 1.29 is 9.53 Å². The van der Waals surface area contributed by atoms with Crippen LogP contribution in [-0.2, 0) is 4.74 Å². The highest BCUT2D eigenvalue weighted by Gasteiger charge is 2.05. The Morgan fingerprint density at radius 2 is 2.40 bits per heavy atom. The number of ether oxygens (including phenoxy) is 1. The lowest BCUT2D eigenvalue weighted by atomic mass is 10.6.